The summed E-state index contributed by atoms with van der Waals surface area (Å²) in [7, 11) is 0. The van der Waals surface area contributed by atoms with Crippen molar-refractivity contribution in [2.45, 2.75) is 39.5 Å². The van der Waals surface area contributed by atoms with Crippen LogP contribution in [0.5, 0.6) is 5.75 Å². The molecular formula is C16H19BrFNO2. The molecule has 3 nitrogen and oxygen atoms in total. The number of halogens is 2. The van der Waals surface area contributed by atoms with Crippen molar-refractivity contribution >= 4 is 15.9 Å². The number of rotatable bonds is 5. The zero-order valence-electron chi connectivity index (χ0n) is 12.4. The quantitative estimate of drug-likeness (QED) is 0.847. The van der Waals surface area contributed by atoms with Crippen molar-refractivity contribution in [3.63, 3.8) is 0 Å². The van der Waals surface area contributed by atoms with E-state index in [1.165, 1.54) is 6.07 Å². The molecule has 0 saturated carbocycles. The third kappa shape index (κ3) is 4.86. The predicted octanol–water partition coefficient (Wildman–Crippen LogP) is 4.65. The maximum atomic E-state index is 13.2. The monoisotopic (exact) mass is 355 g/mol. The van der Waals surface area contributed by atoms with Crippen molar-refractivity contribution < 1.29 is 13.5 Å². The molecule has 1 aromatic carbocycles. The number of nitrogens with one attached hydrogen (secondary N) is 1. The highest BCUT2D eigenvalue weighted by atomic mass is 79.9. The molecule has 0 radical (unpaired) electrons. The van der Waals surface area contributed by atoms with Crippen molar-refractivity contribution in [3.8, 4) is 5.75 Å². The van der Waals surface area contributed by atoms with E-state index in [2.05, 4.69) is 42.0 Å². The largest absolute Gasteiger partial charge is 0.486 e. The Labute approximate surface area is 132 Å². The molecule has 114 valence electrons. The Morgan fingerprint density at radius 1 is 1.29 bits per heavy atom. The highest BCUT2D eigenvalue weighted by Gasteiger charge is 2.13. The molecule has 1 heterocycles. The molecule has 1 aromatic heterocycles. The number of ether oxygens (including phenoxy) is 1. The minimum absolute atomic E-state index is 0.0389. The fourth-order valence-electron chi connectivity index (χ4n) is 1.73. The Bertz CT molecular complexity index is 605. The summed E-state index contributed by atoms with van der Waals surface area (Å²) in [5.74, 6) is 1.05. The third-order valence-corrected chi connectivity index (χ3v) is 3.52. The van der Waals surface area contributed by atoms with Crippen molar-refractivity contribution in [3.05, 3.63) is 52.1 Å². The summed E-state index contributed by atoms with van der Waals surface area (Å²) in [5.41, 5.74) is 1.10. The molecule has 0 atom stereocenters. The molecule has 1 N–H and O–H groups in total. The topological polar surface area (TPSA) is 34.4 Å². The molecule has 0 unspecified atom stereocenters. The van der Waals surface area contributed by atoms with Crippen LogP contribution < -0.4 is 10.1 Å². The Balaban J connectivity index is 1.97. The summed E-state index contributed by atoms with van der Waals surface area (Å²) in [4.78, 5) is 0. The van der Waals surface area contributed by atoms with Crippen LogP contribution in [0.3, 0.4) is 0 Å². The lowest BCUT2D eigenvalue weighted by Gasteiger charge is -2.20. The zero-order valence-corrected chi connectivity index (χ0v) is 14.0. The van der Waals surface area contributed by atoms with Crippen molar-refractivity contribution in [2.75, 3.05) is 0 Å². The average molecular weight is 356 g/mol. The molecule has 2 aromatic rings. The SMILES string of the molecule is CC(C)(C)NCc1ccoc1COc1ccc(F)c(Br)c1. The molecule has 0 bridgehead atoms. The minimum Gasteiger partial charge on any atom is -0.486 e. The van der Waals surface area contributed by atoms with E-state index in [4.69, 9.17) is 9.15 Å². The fourth-order valence-corrected chi connectivity index (χ4v) is 2.08. The van der Waals surface area contributed by atoms with Gasteiger partial charge in [0, 0.05) is 17.6 Å². The van der Waals surface area contributed by atoms with Crippen LogP contribution in [0.2, 0.25) is 0 Å². The van der Waals surface area contributed by atoms with Gasteiger partial charge in [0.2, 0.25) is 0 Å². The lowest BCUT2D eigenvalue weighted by Crippen LogP contribution is -2.35. The van der Waals surface area contributed by atoms with Crippen LogP contribution >= 0.6 is 15.9 Å². The zero-order chi connectivity index (χ0) is 15.5. The molecule has 0 aliphatic rings. The Hall–Kier alpha value is -1.33. The van der Waals surface area contributed by atoms with E-state index in [-0.39, 0.29) is 11.4 Å². The molecule has 0 fully saturated rings. The van der Waals surface area contributed by atoms with Gasteiger partial charge in [-0.05, 0) is 61.0 Å². The van der Waals surface area contributed by atoms with Gasteiger partial charge in [0.05, 0.1) is 10.7 Å². The summed E-state index contributed by atoms with van der Waals surface area (Å²) in [6, 6.07) is 6.49. The predicted molar refractivity (Wildman–Crippen MR) is 83.7 cm³/mol. The van der Waals surface area contributed by atoms with Gasteiger partial charge in [-0.25, -0.2) is 4.39 Å². The van der Waals surface area contributed by atoms with Crippen LogP contribution in [-0.4, -0.2) is 5.54 Å². The van der Waals surface area contributed by atoms with Crippen LogP contribution in [0, 0.1) is 5.82 Å². The van der Waals surface area contributed by atoms with Crippen molar-refractivity contribution in [2.24, 2.45) is 0 Å². The Morgan fingerprint density at radius 3 is 2.71 bits per heavy atom. The normalized spacial score (nSPS) is 11.7. The maximum Gasteiger partial charge on any atom is 0.146 e. The van der Waals surface area contributed by atoms with Crippen LogP contribution in [0.4, 0.5) is 4.39 Å². The van der Waals surface area contributed by atoms with E-state index < -0.39 is 0 Å². The van der Waals surface area contributed by atoms with Gasteiger partial charge in [-0.15, -0.1) is 0 Å². The fraction of sp³-hybridized carbons (Fsp3) is 0.375. The molecule has 0 aliphatic heterocycles. The van der Waals surface area contributed by atoms with Gasteiger partial charge in [0.15, 0.2) is 0 Å². The van der Waals surface area contributed by atoms with E-state index in [9.17, 15) is 4.39 Å². The lowest BCUT2D eigenvalue weighted by atomic mass is 10.1. The van der Waals surface area contributed by atoms with Crippen LogP contribution in [0.1, 0.15) is 32.1 Å². The first-order valence-electron chi connectivity index (χ1n) is 6.73. The van der Waals surface area contributed by atoms with Crippen LogP contribution in [0.15, 0.2) is 39.4 Å². The molecule has 0 spiro atoms. The van der Waals surface area contributed by atoms with E-state index in [1.807, 2.05) is 6.07 Å². The molecule has 2 rings (SSSR count). The maximum absolute atomic E-state index is 13.2. The van der Waals surface area contributed by atoms with E-state index in [0.717, 1.165) is 11.3 Å². The second-order valence-corrected chi connectivity index (χ2v) is 6.69. The smallest absolute Gasteiger partial charge is 0.146 e. The summed E-state index contributed by atoms with van der Waals surface area (Å²) in [6.45, 7) is 7.36. The summed E-state index contributed by atoms with van der Waals surface area (Å²) >= 11 is 3.14. The second kappa shape index (κ2) is 6.62. The first-order valence-corrected chi connectivity index (χ1v) is 7.52. The standard InChI is InChI=1S/C16H19BrFNO2/c1-16(2,3)19-9-11-6-7-20-15(11)10-21-12-4-5-14(18)13(17)8-12/h4-8,19H,9-10H2,1-3H3. The molecule has 0 aliphatic carbocycles. The highest BCUT2D eigenvalue weighted by molar-refractivity contribution is 9.10. The second-order valence-electron chi connectivity index (χ2n) is 5.84. The summed E-state index contributed by atoms with van der Waals surface area (Å²) in [5, 5.41) is 3.41. The Morgan fingerprint density at radius 2 is 2.05 bits per heavy atom. The number of hydrogen-bond acceptors (Lipinski definition) is 3. The first kappa shape index (κ1) is 16.0. The molecule has 5 heteroatoms. The van der Waals surface area contributed by atoms with Gasteiger partial charge in [-0.1, -0.05) is 0 Å². The van der Waals surface area contributed by atoms with Gasteiger partial charge in [0.25, 0.3) is 0 Å². The van der Waals surface area contributed by atoms with Gasteiger partial charge >= 0.3 is 0 Å². The average Bonchev–Trinajstić information content (AvgIpc) is 2.84. The van der Waals surface area contributed by atoms with Gasteiger partial charge < -0.3 is 14.5 Å². The van der Waals surface area contributed by atoms with Crippen molar-refractivity contribution in [1.29, 1.82) is 0 Å². The number of benzene rings is 1. The van der Waals surface area contributed by atoms with E-state index in [1.54, 1.807) is 18.4 Å². The number of hydrogen-bond donors (Lipinski definition) is 1. The molecule has 21 heavy (non-hydrogen) atoms. The highest BCUT2D eigenvalue weighted by Crippen LogP contribution is 2.23. The van der Waals surface area contributed by atoms with Gasteiger partial charge in [-0.3, -0.25) is 0 Å². The van der Waals surface area contributed by atoms with Crippen LogP contribution in [0.25, 0.3) is 0 Å². The molecular weight excluding hydrogens is 337 g/mol. The number of furan rings is 1. The summed E-state index contributed by atoms with van der Waals surface area (Å²) in [6.07, 6.45) is 1.65. The van der Waals surface area contributed by atoms with E-state index in [0.29, 0.717) is 23.4 Å². The van der Waals surface area contributed by atoms with Gasteiger partial charge in [-0.2, -0.15) is 0 Å². The van der Waals surface area contributed by atoms with Gasteiger partial charge in [0.1, 0.15) is 23.9 Å². The molecule has 0 saturated heterocycles. The first-order chi connectivity index (χ1) is 9.85. The Kier molecular flexibility index (Phi) is 5.06. The lowest BCUT2D eigenvalue weighted by molar-refractivity contribution is 0.267. The minimum atomic E-state index is -0.310. The van der Waals surface area contributed by atoms with Crippen molar-refractivity contribution in [1.82, 2.24) is 5.32 Å². The molecule has 0 amide bonds. The third-order valence-electron chi connectivity index (χ3n) is 2.91. The summed E-state index contributed by atoms with van der Waals surface area (Å²) < 4.78 is 24.6. The van der Waals surface area contributed by atoms with Crippen LogP contribution in [-0.2, 0) is 13.2 Å². The van der Waals surface area contributed by atoms with E-state index >= 15 is 0 Å².